The highest BCUT2D eigenvalue weighted by molar-refractivity contribution is 7.86. The fraction of sp³-hybridized carbons (Fsp3) is 0.0909. The number of hydrogen-bond acceptors (Lipinski definition) is 15. The minimum Gasteiger partial charge on any atom is -0.870 e. The fourth-order valence-electron chi connectivity index (χ4n) is 4.02. The summed E-state index contributed by atoms with van der Waals surface area (Å²) in [5, 5.41) is 30.9. The van der Waals surface area contributed by atoms with Crippen LogP contribution in [0.1, 0.15) is 0 Å². The molecule has 1 aliphatic heterocycles. The Balaban J connectivity index is 0.00000552. The number of quaternary nitrogens is 1. The van der Waals surface area contributed by atoms with E-state index in [-0.39, 0.29) is 11.2 Å². The summed E-state index contributed by atoms with van der Waals surface area (Å²) in [7, 11) is -8.44. The third-order valence-electron chi connectivity index (χ3n) is 5.89. The molecule has 0 bridgehead atoms. The second-order valence-corrected chi connectivity index (χ2v) is 11.3. The predicted molar refractivity (Wildman–Crippen MR) is 151 cm³/mol. The van der Waals surface area contributed by atoms with Gasteiger partial charge in [0.2, 0.25) is 6.34 Å². The summed E-state index contributed by atoms with van der Waals surface area (Å²) in [4.78, 5) is 32.1. The molecule has 0 aliphatic carbocycles. The van der Waals surface area contributed by atoms with E-state index < -0.39 is 85.2 Å². The molecule has 21 nitrogen and oxygen atoms in total. The zero-order chi connectivity index (χ0) is 32.6. The van der Waals surface area contributed by atoms with E-state index in [1.54, 1.807) is 18.2 Å². The number of nitrogens with zero attached hydrogens (tertiary/aromatic N) is 5. The van der Waals surface area contributed by atoms with Crippen LogP contribution >= 0.6 is 0 Å². The third-order valence-corrected chi connectivity index (χ3v) is 7.65. The largest absolute Gasteiger partial charge is 0.870 e. The maximum Gasteiger partial charge on any atom is 0.451 e. The molecule has 3 aromatic carbocycles. The lowest BCUT2D eigenvalue weighted by molar-refractivity contribution is -0.709. The molecular weight excluding hydrogens is 650 g/mol. The van der Waals surface area contributed by atoms with Crippen molar-refractivity contribution in [2.24, 2.45) is 5.10 Å². The molecule has 1 aliphatic rings. The van der Waals surface area contributed by atoms with Crippen LogP contribution in [0.25, 0.3) is 0 Å². The molecule has 0 radical (unpaired) electrons. The van der Waals surface area contributed by atoms with Crippen molar-refractivity contribution in [2.45, 2.75) is 9.79 Å². The number of hydrogen-bond donors (Lipinski definition) is 4. The number of nitro groups is 2. The van der Waals surface area contributed by atoms with Gasteiger partial charge in [0.25, 0.3) is 11.4 Å². The average Bonchev–Trinajstić information content (AvgIpc) is 3.40. The molecular formula is C22H21N7O14S2. The van der Waals surface area contributed by atoms with Crippen molar-refractivity contribution in [3.05, 3.63) is 74.8 Å². The maximum atomic E-state index is 13.5. The second-order valence-electron chi connectivity index (χ2n) is 8.50. The summed E-state index contributed by atoms with van der Waals surface area (Å²) in [6, 6.07) is 9.46. The zero-order valence-electron chi connectivity index (χ0n) is 22.7. The van der Waals surface area contributed by atoms with Gasteiger partial charge in [-0.15, -0.1) is 5.12 Å². The number of anilines is 3. The molecule has 240 valence electrons. The van der Waals surface area contributed by atoms with Crippen molar-refractivity contribution in [2.75, 3.05) is 29.8 Å². The number of nitro benzene ring substituents is 2. The molecule has 1 atom stereocenters. The van der Waals surface area contributed by atoms with Gasteiger partial charge in [-0.1, -0.05) is 33.4 Å². The minimum atomic E-state index is -5.28. The zero-order valence-corrected chi connectivity index (χ0v) is 24.3. The van der Waals surface area contributed by atoms with E-state index in [1.165, 1.54) is 12.1 Å². The monoisotopic (exact) mass is 671 g/mol. The number of carbonyl (C=O) groups excluding carboxylic acids is 1. The van der Waals surface area contributed by atoms with E-state index in [2.05, 4.69) is 10.4 Å². The van der Waals surface area contributed by atoms with E-state index in [0.717, 1.165) is 25.7 Å². The van der Waals surface area contributed by atoms with Crippen LogP contribution in [0, 0.1) is 20.2 Å². The van der Waals surface area contributed by atoms with E-state index >= 15 is 0 Å². The van der Waals surface area contributed by atoms with Crippen molar-refractivity contribution in [1.82, 2.24) is 0 Å². The number of urea groups is 1. The molecule has 4 rings (SSSR count). The predicted octanol–water partition coefficient (Wildman–Crippen LogP) is 1.05. The molecule has 3 aromatic rings. The Morgan fingerprint density at radius 2 is 1.33 bits per heavy atom. The quantitative estimate of drug-likeness (QED) is 0.140. The van der Waals surface area contributed by atoms with E-state index in [0.29, 0.717) is 29.4 Å². The first-order valence-electron chi connectivity index (χ1n) is 11.6. The highest BCUT2D eigenvalue weighted by atomic mass is 32.2. The lowest BCUT2D eigenvalue weighted by Crippen LogP contribution is -3.20. The molecule has 1 unspecified atom stereocenters. The van der Waals surface area contributed by atoms with Crippen molar-refractivity contribution >= 4 is 61.0 Å². The maximum absolute atomic E-state index is 13.5. The number of benzene rings is 3. The van der Waals surface area contributed by atoms with Gasteiger partial charge in [-0.3, -0.25) is 34.7 Å². The summed E-state index contributed by atoms with van der Waals surface area (Å²) in [5.74, 6) is -0.868. The van der Waals surface area contributed by atoms with E-state index in [1.807, 2.05) is 0 Å². The number of ether oxygens (including phenoxy) is 2. The number of rotatable bonds is 9. The number of para-hydroxylation sites is 1. The van der Waals surface area contributed by atoms with Gasteiger partial charge in [0.15, 0.2) is 27.0 Å². The molecule has 23 heteroatoms. The average molecular weight is 672 g/mol. The number of carbonyl (C=O) groups is 1. The summed E-state index contributed by atoms with van der Waals surface area (Å²) < 4.78 is 78.5. The first-order chi connectivity index (χ1) is 20.6. The SMILES string of the molecule is COc1cc([N+](=O)[O-])c(S(=O)(=O)O)cc1N1N=C[NH+](C(=O)Nc2ccccc2)N1c1cc(S(=O)(=O)O)c([N+](=O)[O-])cc1OC.[OH-]. The van der Waals surface area contributed by atoms with E-state index in [9.17, 15) is 51.0 Å². The molecule has 0 spiro atoms. The molecule has 2 amide bonds. The van der Waals surface area contributed by atoms with Crippen LogP contribution in [0.2, 0.25) is 0 Å². The Morgan fingerprint density at radius 3 is 1.78 bits per heavy atom. The number of amides is 2. The van der Waals surface area contributed by atoms with Crippen molar-refractivity contribution in [3.63, 3.8) is 0 Å². The number of hydrazine groups is 1. The summed E-state index contributed by atoms with van der Waals surface area (Å²) >= 11 is 0. The molecule has 0 fully saturated rings. The Hall–Kier alpha value is -5.46. The van der Waals surface area contributed by atoms with Gasteiger partial charge >= 0.3 is 26.3 Å². The molecule has 0 aromatic heterocycles. The Morgan fingerprint density at radius 1 is 0.867 bits per heavy atom. The Bertz CT molecular complexity index is 1920. The lowest BCUT2D eigenvalue weighted by Gasteiger charge is -2.30. The van der Waals surface area contributed by atoms with Crippen LogP contribution in [0.5, 0.6) is 11.5 Å². The van der Waals surface area contributed by atoms with Crippen LogP contribution in [0.15, 0.2) is 69.5 Å². The molecule has 0 saturated heterocycles. The number of methoxy groups -OCH3 is 2. The van der Waals surface area contributed by atoms with Crippen LogP contribution in [0.4, 0.5) is 33.2 Å². The summed E-state index contributed by atoms with van der Waals surface area (Å²) in [6.07, 6.45) is 0.917. The van der Waals surface area contributed by atoms with E-state index in [4.69, 9.17) is 9.47 Å². The normalized spacial score (nSPS) is 14.4. The van der Waals surface area contributed by atoms with Crippen LogP contribution in [-0.2, 0) is 20.2 Å². The first-order valence-corrected chi connectivity index (χ1v) is 14.5. The van der Waals surface area contributed by atoms with Gasteiger partial charge in [0, 0.05) is 11.8 Å². The van der Waals surface area contributed by atoms with Gasteiger partial charge in [-0.2, -0.15) is 16.8 Å². The van der Waals surface area contributed by atoms with Gasteiger partial charge in [0.1, 0.15) is 5.69 Å². The standard InChI is InChI=1S/C22H19N7O13S2.H2O/c1-41-18-8-16(28(31)32)20(43(35,36)37)10-14(18)26-23-12-25(22(30)24-13-6-4-3-5-7-13)27(26)15-11-21(44(38,39)40)17(29(33)34)9-19(15)42-2;/h3-12H,1-2H3,(H,24,30)(H,35,36,37)(H,38,39,40);1H2. The highest BCUT2D eigenvalue weighted by Crippen LogP contribution is 2.42. The number of hydrazone groups is 1. The third kappa shape index (κ3) is 6.71. The van der Waals surface area contributed by atoms with Gasteiger partial charge in [0.05, 0.1) is 36.2 Å². The van der Waals surface area contributed by atoms with Crippen LogP contribution in [-0.4, -0.2) is 67.9 Å². The Labute approximate surface area is 252 Å². The van der Waals surface area contributed by atoms with Gasteiger partial charge in [-0.25, -0.2) is 4.79 Å². The molecule has 45 heavy (non-hydrogen) atoms. The lowest BCUT2D eigenvalue weighted by atomic mass is 10.2. The molecule has 1 heterocycles. The van der Waals surface area contributed by atoms with Crippen LogP contribution < -0.4 is 30.0 Å². The summed E-state index contributed by atoms with van der Waals surface area (Å²) in [5.41, 5.74) is -2.84. The molecule has 5 N–H and O–H groups in total. The van der Waals surface area contributed by atoms with Crippen molar-refractivity contribution in [1.29, 1.82) is 0 Å². The minimum absolute atomic E-state index is 0. The van der Waals surface area contributed by atoms with Gasteiger partial charge in [-0.05, 0) is 18.2 Å². The fourth-order valence-corrected chi connectivity index (χ4v) is 5.33. The topological polar surface area (TPSA) is 296 Å². The van der Waals surface area contributed by atoms with Crippen LogP contribution in [0.3, 0.4) is 0 Å². The van der Waals surface area contributed by atoms with Crippen molar-refractivity contribution < 1.29 is 60.5 Å². The Kier molecular flexibility index (Phi) is 9.56. The molecule has 0 saturated carbocycles. The summed E-state index contributed by atoms with van der Waals surface area (Å²) in [6.45, 7) is 0. The first kappa shape index (κ1) is 34.0. The number of nitrogens with one attached hydrogen (secondary N) is 2. The van der Waals surface area contributed by atoms with Crippen molar-refractivity contribution in [3.8, 4) is 11.5 Å². The highest BCUT2D eigenvalue weighted by Gasteiger charge is 2.44. The van der Waals surface area contributed by atoms with Gasteiger partial charge < -0.3 is 14.9 Å². The second kappa shape index (κ2) is 12.6. The smallest absolute Gasteiger partial charge is 0.451 e.